The van der Waals surface area contributed by atoms with Crippen LogP contribution in [-0.2, 0) is 9.47 Å². The number of rotatable bonds is 8. The highest BCUT2D eigenvalue weighted by molar-refractivity contribution is 6.33. The SMILES string of the molecule is C=C(/C=N\Nc1ncc(F)c(N2CCOCC2)n1)OC(=C)c1ccc(Cl)c(C(=O)O)c1. The number of carboxylic acids is 1. The van der Waals surface area contributed by atoms with Crippen LogP contribution < -0.4 is 10.3 Å². The molecule has 2 N–H and O–H groups in total. The molecule has 162 valence electrons. The summed E-state index contributed by atoms with van der Waals surface area (Å²) in [5.41, 5.74) is 2.93. The number of nitrogens with one attached hydrogen (secondary N) is 1. The van der Waals surface area contributed by atoms with Crippen molar-refractivity contribution in [1.82, 2.24) is 9.97 Å². The van der Waals surface area contributed by atoms with Gasteiger partial charge in [0.05, 0.1) is 36.2 Å². The quantitative estimate of drug-likeness (QED) is 0.360. The van der Waals surface area contributed by atoms with E-state index in [0.29, 0.717) is 31.9 Å². The second kappa shape index (κ2) is 10.0. The molecule has 9 nitrogen and oxygen atoms in total. The first kappa shape index (κ1) is 22.2. The zero-order valence-electron chi connectivity index (χ0n) is 16.3. The van der Waals surface area contributed by atoms with E-state index in [1.54, 1.807) is 11.0 Å². The number of halogens is 2. The Morgan fingerprint density at radius 3 is 2.84 bits per heavy atom. The van der Waals surface area contributed by atoms with E-state index in [9.17, 15) is 9.18 Å². The van der Waals surface area contributed by atoms with E-state index >= 15 is 0 Å². The highest BCUT2D eigenvalue weighted by Gasteiger charge is 2.17. The number of morpholine rings is 1. The molecule has 0 radical (unpaired) electrons. The third-order valence-electron chi connectivity index (χ3n) is 4.18. The Kier molecular flexibility index (Phi) is 7.16. The lowest BCUT2D eigenvalue weighted by Crippen LogP contribution is -2.37. The Hall–Kier alpha value is -3.50. The van der Waals surface area contributed by atoms with Gasteiger partial charge < -0.3 is 19.5 Å². The van der Waals surface area contributed by atoms with Gasteiger partial charge in [-0.05, 0) is 18.2 Å². The number of hydrogen-bond acceptors (Lipinski definition) is 8. The van der Waals surface area contributed by atoms with E-state index in [0.717, 1.165) is 6.20 Å². The van der Waals surface area contributed by atoms with E-state index in [1.807, 2.05) is 0 Å². The maximum atomic E-state index is 14.0. The maximum Gasteiger partial charge on any atom is 0.337 e. The molecule has 0 aliphatic carbocycles. The van der Waals surface area contributed by atoms with Gasteiger partial charge in [0.1, 0.15) is 11.5 Å². The van der Waals surface area contributed by atoms with Gasteiger partial charge in [-0.1, -0.05) is 24.8 Å². The summed E-state index contributed by atoms with van der Waals surface area (Å²) in [6, 6.07) is 4.35. The molecule has 1 saturated heterocycles. The van der Waals surface area contributed by atoms with Crippen LogP contribution in [0.4, 0.5) is 16.2 Å². The molecular weight excluding hydrogens is 429 g/mol. The van der Waals surface area contributed by atoms with E-state index in [4.69, 9.17) is 26.2 Å². The Morgan fingerprint density at radius 1 is 1.39 bits per heavy atom. The molecule has 2 aromatic rings. The third-order valence-corrected chi connectivity index (χ3v) is 4.51. The molecular formula is C20H19ClFN5O4. The Morgan fingerprint density at radius 2 is 2.13 bits per heavy atom. The van der Waals surface area contributed by atoms with Crippen molar-refractivity contribution in [3.05, 3.63) is 65.3 Å². The highest BCUT2D eigenvalue weighted by Crippen LogP contribution is 2.23. The normalized spacial score (nSPS) is 13.8. The van der Waals surface area contributed by atoms with Gasteiger partial charge in [-0.2, -0.15) is 10.1 Å². The lowest BCUT2D eigenvalue weighted by Gasteiger charge is -2.27. The van der Waals surface area contributed by atoms with Gasteiger partial charge in [-0.15, -0.1) is 0 Å². The van der Waals surface area contributed by atoms with E-state index < -0.39 is 11.8 Å². The average Bonchev–Trinajstić information content (AvgIpc) is 2.75. The van der Waals surface area contributed by atoms with Crippen molar-refractivity contribution in [3.8, 4) is 0 Å². The monoisotopic (exact) mass is 447 g/mol. The molecule has 0 bridgehead atoms. The summed E-state index contributed by atoms with van der Waals surface area (Å²) in [6.07, 6.45) is 2.31. The number of carbonyl (C=O) groups is 1. The molecule has 0 saturated carbocycles. The Balaban J connectivity index is 1.60. The molecule has 11 heteroatoms. The van der Waals surface area contributed by atoms with Gasteiger partial charge in [0, 0.05) is 18.7 Å². The molecule has 0 spiro atoms. The summed E-state index contributed by atoms with van der Waals surface area (Å²) in [5, 5.41) is 13.2. The number of anilines is 2. The molecule has 1 aromatic carbocycles. The van der Waals surface area contributed by atoms with Gasteiger partial charge in [0.15, 0.2) is 11.6 Å². The minimum absolute atomic E-state index is 0.0746. The van der Waals surface area contributed by atoms with Crippen molar-refractivity contribution >= 4 is 41.3 Å². The first-order chi connectivity index (χ1) is 14.8. The number of aromatic carboxylic acids is 1. The van der Waals surface area contributed by atoms with E-state index in [-0.39, 0.29) is 33.9 Å². The molecule has 1 aliphatic rings. The minimum atomic E-state index is -1.17. The molecule has 1 aliphatic heterocycles. The van der Waals surface area contributed by atoms with Crippen LogP contribution in [0.5, 0.6) is 0 Å². The van der Waals surface area contributed by atoms with Crippen LogP contribution in [0.1, 0.15) is 15.9 Å². The van der Waals surface area contributed by atoms with Crippen LogP contribution in [-0.4, -0.2) is 53.6 Å². The smallest absolute Gasteiger partial charge is 0.337 e. The van der Waals surface area contributed by atoms with Crippen molar-refractivity contribution in [1.29, 1.82) is 0 Å². The predicted molar refractivity (Wildman–Crippen MR) is 115 cm³/mol. The number of allylic oxidation sites excluding steroid dienone is 1. The third kappa shape index (κ3) is 5.77. The summed E-state index contributed by atoms with van der Waals surface area (Å²) < 4.78 is 24.8. The lowest BCUT2D eigenvalue weighted by molar-refractivity contribution is 0.0697. The number of nitrogens with zero attached hydrogens (tertiary/aromatic N) is 4. The van der Waals surface area contributed by atoms with Crippen molar-refractivity contribution < 1.29 is 23.8 Å². The van der Waals surface area contributed by atoms with Gasteiger partial charge in [0.2, 0.25) is 5.95 Å². The van der Waals surface area contributed by atoms with Crippen molar-refractivity contribution in [2.24, 2.45) is 5.10 Å². The van der Waals surface area contributed by atoms with Crippen molar-refractivity contribution in [3.63, 3.8) is 0 Å². The summed E-state index contributed by atoms with van der Waals surface area (Å²) in [7, 11) is 0. The van der Waals surface area contributed by atoms with E-state index in [1.165, 1.54) is 18.3 Å². The first-order valence-electron chi connectivity index (χ1n) is 9.08. The summed E-state index contributed by atoms with van der Waals surface area (Å²) in [6.45, 7) is 9.48. The summed E-state index contributed by atoms with van der Waals surface area (Å²) in [4.78, 5) is 20.9. The number of aromatic nitrogens is 2. The maximum absolute atomic E-state index is 14.0. The molecule has 0 amide bonds. The molecule has 1 aromatic heterocycles. The zero-order chi connectivity index (χ0) is 22.4. The minimum Gasteiger partial charge on any atom is -0.478 e. The fraction of sp³-hybridized carbons (Fsp3) is 0.200. The fourth-order valence-electron chi connectivity index (χ4n) is 2.68. The topological polar surface area (TPSA) is 109 Å². The number of hydrogen-bond donors (Lipinski definition) is 2. The van der Waals surface area contributed by atoms with E-state index in [2.05, 4.69) is 33.7 Å². The van der Waals surface area contributed by atoms with Crippen LogP contribution >= 0.6 is 11.6 Å². The first-order valence-corrected chi connectivity index (χ1v) is 9.46. The number of carboxylic acid groups (broad SMARTS) is 1. The molecule has 2 heterocycles. The van der Waals surface area contributed by atoms with Gasteiger partial charge in [0.25, 0.3) is 0 Å². The van der Waals surface area contributed by atoms with Crippen LogP contribution in [0.15, 0.2) is 48.4 Å². The van der Waals surface area contributed by atoms with Crippen LogP contribution in [0.2, 0.25) is 5.02 Å². The molecule has 0 unspecified atom stereocenters. The molecule has 31 heavy (non-hydrogen) atoms. The number of hydrazone groups is 1. The Bertz CT molecular complexity index is 1040. The van der Waals surface area contributed by atoms with Crippen LogP contribution in [0, 0.1) is 5.82 Å². The average molecular weight is 448 g/mol. The largest absolute Gasteiger partial charge is 0.478 e. The van der Waals surface area contributed by atoms with Gasteiger partial charge >= 0.3 is 5.97 Å². The lowest BCUT2D eigenvalue weighted by atomic mass is 10.1. The van der Waals surface area contributed by atoms with Crippen LogP contribution in [0.25, 0.3) is 5.76 Å². The van der Waals surface area contributed by atoms with Crippen molar-refractivity contribution in [2.45, 2.75) is 0 Å². The molecule has 1 fully saturated rings. The predicted octanol–water partition coefficient (Wildman–Crippen LogP) is 3.40. The van der Waals surface area contributed by atoms with Crippen LogP contribution in [0.3, 0.4) is 0 Å². The summed E-state index contributed by atoms with van der Waals surface area (Å²) in [5.74, 6) is -1.18. The molecule has 3 rings (SSSR count). The second-order valence-electron chi connectivity index (χ2n) is 6.33. The zero-order valence-corrected chi connectivity index (χ0v) is 17.1. The van der Waals surface area contributed by atoms with Gasteiger partial charge in [-0.25, -0.2) is 19.6 Å². The number of ether oxygens (including phenoxy) is 2. The van der Waals surface area contributed by atoms with Crippen molar-refractivity contribution in [2.75, 3.05) is 36.6 Å². The Labute approximate surface area is 182 Å². The highest BCUT2D eigenvalue weighted by atomic mass is 35.5. The fourth-order valence-corrected chi connectivity index (χ4v) is 2.88. The summed E-state index contributed by atoms with van der Waals surface area (Å²) >= 11 is 5.86. The standard InChI is InChI=1S/C20H19ClFN5O4/c1-12(31-13(2)14-3-4-16(21)15(9-14)19(28)29)10-24-26-20-23-11-17(22)18(25-20)27-5-7-30-8-6-27/h3-4,9-11H,1-2,5-8H2,(H,28,29)(H,23,25,26)/b24-10-. The second-order valence-corrected chi connectivity index (χ2v) is 6.73. The molecule has 0 atom stereocenters. The number of benzene rings is 1. The van der Waals surface area contributed by atoms with Gasteiger partial charge in [-0.3, -0.25) is 0 Å².